The average Bonchev–Trinajstić information content (AvgIpc) is 3.29. The van der Waals surface area contributed by atoms with Gasteiger partial charge in [0.2, 0.25) is 11.6 Å². The number of thiazole rings is 1. The van der Waals surface area contributed by atoms with Crippen molar-refractivity contribution in [1.29, 1.82) is 0 Å². The maximum absolute atomic E-state index is 11.9. The van der Waals surface area contributed by atoms with Crippen LogP contribution in [0.1, 0.15) is 11.4 Å². The van der Waals surface area contributed by atoms with E-state index in [0.717, 1.165) is 39.8 Å². The lowest BCUT2D eigenvalue weighted by molar-refractivity contribution is -0.668. The maximum atomic E-state index is 11.9. The van der Waals surface area contributed by atoms with Crippen molar-refractivity contribution in [3.05, 3.63) is 55.4 Å². The molecule has 3 heterocycles. The molecule has 2 aromatic carbocycles. The van der Waals surface area contributed by atoms with Gasteiger partial charge < -0.3 is 15.0 Å². The molecule has 0 bridgehead atoms. The third-order valence-corrected chi connectivity index (χ3v) is 8.90. The molecule has 1 fully saturated rings. The first-order valence-electron chi connectivity index (χ1n) is 9.42. The van der Waals surface area contributed by atoms with E-state index in [1.807, 2.05) is 47.0 Å². The van der Waals surface area contributed by atoms with E-state index in [4.69, 9.17) is 0 Å². The Kier molecular flexibility index (Phi) is 5.25. The van der Waals surface area contributed by atoms with Crippen LogP contribution in [0.25, 0.3) is 16.3 Å². The van der Waals surface area contributed by atoms with Crippen LogP contribution in [0, 0.1) is 0 Å². The lowest BCUT2D eigenvalue weighted by Gasteiger charge is -2.13. The zero-order chi connectivity index (χ0) is 21.9. The van der Waals surface area contributed by atoms with Crippen molar-refractivity contribution in [2.75, 3.05) is 6.54 Å². The fraction of sp³-hybridized carbons (Fsp3) is 0.190. The Hall–Kier alpha value is -1.72. The molecule has 2 aliphatic rings. The zero-order valence-corrected chi connectivity index (χ0v) is 20.7. The third kappa shape index (κ3) is 3.54. The molecule has 0 amide bonds. The van der Waals surface area contributed by atoms with Crippen LogP contribution >= 0.6 is 55.0 Å². The fourth-order valence-electron chi connectivity index (χ4n) is 4.07. The molecule has 3 aromatic rings. The summed E-state index contributed by atoms with van der Waals surface area (Å²) in [6, 6.07) is 11.4. The highest BCUT2D eigenvalue weighted by molar-refractivity contribution is 9.10. The minimum atomic E-state index is -1.10. The Balaban J connectivity index is 1.66. The predicted molar refractivity (Wildman–Crippen MR) is 125 cm³/mol. The smallest absolute Gasteiger partial charge is 0.369 e. The van der Waals surface area contributed by atoms with Crippen LogP contribution in [-0.2, 0) is 16.1 Å². The number of rotatable bonds is 5. The lowest BCUT2D eigenvalue weighted by Crippen LogP contribution is -2.39. The summed E-state index contributed by atoms with van der Waals surface area (Å²) in [5.41, 5.74) is 1.92. The van der Waals surface area contributed by atoms with Crippen LogP contribution in [-0.4, -0.2) is 29.6 Å². The quantitative estimate of drug-likeness (QED) is 0.282. The number of aromatic nitrogens is 1. The number of quaternary nitrogens is 1. The van der Waals surface area contributed by atoms with Gasteiger partial charge in [0.1, 0.15) is 4.70 Å². The fourth-order valence-corrected chi connectivity index (χ4v) is 7.27. The molecule has 5 rings (SSSR count). The number of carbonyl (C=O) groups is 2. The van der Waals surface area contributed by atoms with Gasteiger partial charge in [0, 0.05) is 33.5 Å². The summed E-state index contributed by atoms with van der Waals surface area (Å²) in [4.78, 5) is 24.1. The molecular formula is C21H15Br2N2O4S2+. The van der Waals surface area contributed by atoms with Gasteiger partial charge in [-0.1, -0.05) is 43.2 Å². The van der Waals surface area contributed by atoms with Crippen molar-refractivity contribution >= 4 is 88.9 Å². The second-order valence-corrected chi connectivity index (χ2v) is 11.4. The van der Waals surface area contributed by atoms with E-state index in [1.54, 1.807) is 23.1 Å². The third-order valence-electron chi connectivity index (χ3n) is 5.58. The largest absolute Gasteiger partial charge is 0.550 e. The minimum Gasteiger partial charge on any atom is -0.550 e. The minimum absolute atomic E-state index is 0.0999. The van der Waals surface area contributed by atoms with Gasteiger partial charge in [-0.3, -0.25) is 0 Å². The van der Waals surface area contributed by atoms with Crippen LogP contribution in [0.3, 0.4) is 0 Å². The van der Waals surface area contributed by atoms with Crippen LogP contribution in [0.5, 0.6) is 0 Å². The lowest BCUT2D eigenvalue weighted by atomic mass is 10.3. The van der Waals surface area contributed by atoms with Crippen molar-refractivity contribution in [3.8, 4) is 0 Å². The Bertz CT molecular complexity index is 1310. The number of carboxylic acid groups (broad SMARTS) is 2. The van der Waals surface area contributed by atoms with Gasteiger partial charge in [-0.2, -0.15) is 4.57 Å². The first-order chi connectivity index (χ1) is 14.8. The molecule has 0 radical (unpaired) electrons. The van der Waals surface area contributed by atoms with Crippen molar-refractivity contribution in [1.82, 2.24) is 4.48 Å². The number of aliphatic carboxylic acids is 2. The van der Waals surface area contributed by atoms with Gasteiger partial charge >= 0.3 is 5.97 Å². The molecule has 0 saturated carbocycles. The summed E-state index contributed by atoms with van der Waals surface area (Å²) >= 11 is 10.1. The maximum Gasteiger partial charge on any atom is 0.369 e. The summed E-state index contributed by atoms with van der Waals surface area (Å²) in [6.45, 7) is 0.788. The SMILES string of the molecule is O=C([O-])CC[n+]1c(C=C2Sc3ccc(Br)cc3[N+]23CC3C(=O)O)sc2ccc(Br)cc21. The van der Waals surface area contributed by atoms with E-state index in [1.165, 1.54) is 0 Å². The predicted octanol–water partition coefficient (Wildman–Crippen LogP) is 3.73. The highest BCUT2D eigenvalue weighted by Gasteiger charge is 2.68. The normalized spacial score (nSPS) is 22.9. The number of aryl methyl sites for hydroxylation is 1. The average molecular weight is 583 g/mol. The summed E-state index contributed by atoms with van der Waals surface area (Å²) in [6.07, 6.45) is 1.92. The highest BCUT2D eigenvalue weighted by atomic mass is 79.9. The van der Waals surface area contributed by atoms with E-state index in [9.17, 15) is 19.8 Å². The number of benzene rings is 2. The van der Waals surface area contributed by atoms with E-state index < -0.39 is 18.0 Å². The topological polar surface area (TPSA) is 81.3 Å². The summed E-state index contributed by atoms with van der Waals surface area (Å²) < 4.78 is 5.13. The summed E-state index contributed by atoms with van der Waals surface area (Å²) in [7, 11) is 0. The standard InChI is InChI=1S/C21H14Br2N2O4S2/c22-11-1-3-16-13(7-11)24(6-5-20(26)27)18(30-16)9-19-25(10-15(25)21(28)29)14-8-12(23)2-4-17(14)31-19/h1-4,7-9,15H,5-6,10H2/p+1. The molecule has 1 aromatic heterocycles. The van der Waals surface area contributed by atoms with Gasteiger partial charge in [0.15, 0.2) is 23.8 Å². The molecule has 1 N–H and O–H groups in total. The number of carbonyl (C=O) groups excluding carboxylic acids is 1. The molecule has 2 atom stereocenters. The van der Waals surface area contributed by atoms with Gasteiger partial charge in [-0.05, 0) is 36.0 Å². The van der Waals surface area contributed by atoms with Crippen LogP contribution in [0.2, 0.25) is 0 Å². The molecule has 1 saturated heterocycles. The molecule has 10 heteroatoms. The Morgan fingerprint density at radius 3 is 2.68 bits per heavy atom. The van der Waals surface area contributed by atoms with Gasteiger partial charge in [0.25, 0.3) is 5.01 Å². The second-order valence-electron chi connectivity index (χ2n) is 7.43. The number of nitrogens with zero attached hydrogens (tertiary/aromatic N) is 2. The molecule has 2 unspecified atom stereocenters. The highest BCUT2D eigenvalue weighted by Crippen LogP contribution is 2.60. The van der Waals surface area contributed by atoms with Crippen molar-refractivity contribution in [2.24, 2.45) is 0 Å². The van der Waals surface area contributed by atoms with E-state index in [-0.39, 0.29) is 13.0 Å². The summed E-state index contributed by atoms with van der Waals surface area (Å²) in [5.74, 6) is -1.92. The number of hydrogen-bond acceptors (Lipinski definition) is 5. The number of carboxylic acids is 2. The monoisotopic (exact) mass is 581 g/mol. The van der Waals surface area contributed by atoms with Gasteiger partial charge in [-0.15, -0.1) is 0 Å². The Morgan fingerprint density at radius 2 is 1.97 bits per heavy atom. The molecule has 31 heavy (non-hydrogen) atoms. The van der Waals surface area contributed by atoms with Crippen molar-refractivity contribution < 1.29 is 24.4 Å². The molecule has 6 nitrogen and oxygen atoms in total. The van der Waals surface area contributed by atoms with E-state index in [2.05, 4.69) is 31.9 Å². The van der Waals surface area contributed by atoms with E-state index in [0.29, 0.717) is 11.0 Å². The van der Waals surface area contributed by atoms with Gasteiger partial charge in [-0.25, -0.2) is 9.28 Å². The summed E-state index contributed by atoms with van der Waals surface area (Å²) in [5, 5.41) is 22.7. The number of halogens is 2. The van der Waals surface area contributed by atoms with E-state index >= 15 is 0 Å². The second kappa shape index (κ2) is 7.70. The van der Waals surface area contributed by atoms with Crippen LogP contribution in [0.4, 0.5) is 5.69 Å². The molecular weight excluding hydrogens is 568 g/mol. The zero-order valence-electron chi connectivity index (χ0n) is 15.9. The molecule has 1 spiro atoms. The van der Waals surface area contributed by atoms with Crippen molar-refractivity contribution in [3.63, 3.8) is 0 Å². The number of thioether (sulfide) groups is 1. The molecule has 2 aliphatic heterocycles. The van der Waals surface area contributed by atoms with Crippen LogP contribution < -0.4 is 14.2 Å². The number of fused-ring (bicyclic) bond motifs is 3. The first-order valence-corrected chi connectivity index (χ1v) is 12.6. The Labute approximate surface area is 202 Å². The van der Waals surface area contributed by atoms with Crippen LogP contribution in [0.15, 0.2) is 55.3 Å². The van der Waals surface area contributed by atoms with Crippen molar-refractivity contribution in [2.45, 2.75) is 23.9 Å². The molecule has 0 aliphatic carbocycles. The molecule has 158 valence electrons. The Morgan fingerprint density at radius 1 is 1.23 bits per heavy atom. The van der Waals surface area contributed by atoms with Gasteiger partial charge in [0.05, 0.1) is 11.0 Å². The number of hydrogen-bond donors (Lipinski definition) is 1. The first kappa shape index (κ1) is 21.1.